The molecule has 0 saturated carbocycles. The molecule has 7 nitrogen and oxygen atoms in total. The standard InChI is InChI=1S/C17H23N5O2.2ClH/c1-10(2)14(20-16(23)11(3)13-8-19-9-13)17-21-15(22-24-17)12-5-4-6-18-7-12;;/h4-7,10-11,13-14,19H,8-9H2,1-3H3,(H,20,23);2*1H. The lowest BCUT2D eigenvalue weighted by molar-refractivity contribution is -0.128. The Kier molecular flexibility index (Phi) is 8.46. The Morgan fingerprint density at radius 2 is 2.04 bits per heavy atom. The number of nitrogens with one attached hydrogen (secondary N) is 2. The van der Waals surface area contributed by atoms with Crippen LogP contribution in [-0.4, -0.2) is 34.1 Å². The molecule has 0 aromatic carbocycles. The Morgan fingerprint density at radius 1 is 1.31 bits per heavy atom. The Morgan fingerprint density at radius 3 is 2.58 bits per heavy atom. The molecule has 1 aliphatic rings. The molecule has 1 aliphatic heterocycles. The van der Waals surface area contributed by atoms with Crippen LogP contribution in [0.1, 0.15) is 32.7 Å². The predicted octanol–water partition coefficient (Wildman–Crippen LogP) is 2.64. The first kappa shape index (κ1) is 22.3. The number of hydrogen-bond acceptors (Lipinski definition) is 6. The van der Waals surface area contributed by atoms with Crippen LogP contribution < -0.4 is 10.6 Å². The number of nitrogens with zero attached hydrogens (tertiary/aromatic N) is 3. The predicted molar refractivity (Wildman–Crippen MR) is 103 cm³/mol. The van der Waals surface area contributed by atoms with E-state index in [0.29, 0.717) is 17.6 Å². The van der Waals surface area contributed by atoms with Gasteiger partial charge in [-0.2, -0.15) is 4.98 Å². The topological polar surface area (TPSA) is 92.9 Å². The van der Waals surface area contributed by atoms with E-state index in [1.54, 1.807) is 12.4 Å². The van der Waals surface area contributed by atoms with E-state index >= 15 is 0 Å². The quantitative estimate of drug-likeness (QED) is 0.772. The highest BCUT2D eigenvalue weighted by atomic mass is 35.5. The fourth-order valence-corrected chi connectivity index (χ4v) is 2.65. The van der Waals surface area contributed by atoms with Gasteiger partial charge in [-0.25, -0.2) is 0 Å². The van der Waals surface area contributed by atoms with E-state index in [2.05, 4.69) is 25.8 Å². The molecule has 2 N–H and O–H groups in total. The fourth-order valence-electron chi connectivity index (χ4n) is 2.65. The molecule has 0 spiro atoms. The number of carbonyl (C=O) groups is 1. The number of carbonyl (C=O) groups excluding carboxylic acids is 1. The Labute approximate surface area is 165 Å². The van der Waals surface area contributed by atoms with Gasteiger partial charge in [-0.05, 0) is 37.1 Å². The average molecular weight is 402 g/mol. The summed E-state index contributed by atoms with van der Waals surface area (Å²) in [5, 5.41) is 10.3. The van der Waals surface area contributed by atoms with Crippen molar-refractivity contribution in [1.29, 1.82) is 0 Å². The van der Waals surface area contributed by atoms with Gasteiger partial charge in [0.25, 0.3) is 0 Å². The maximum Gasteiger partial charge on any atom is 0.249 e. The van der Waals surface area contributed by atoms with Crippen LogP contribution in [0, 0.1) is 17.8 Å². The van der Waals surface area contributed by atoms with Crippen LogP contribution in [0.4, 0.5) is 0 Å². The lowest BCUT2D eigenvalue weighted by Gasteiger charge is -2.32. The van der Waals surface area contributed by atoms with Crippen LogP contribution in [-0.2, 0) is 4.79 Å². The number of halogens is 2. The molecule has 0 radical (unpaired) electrons. The number of aromatic nitrogens is 3. The largest absolute Gasteiger partial charge is 0.344 e. The molecule has 1 saturated heterocycles. The third kappa shape index (κ3) is 4.93. The van der Waals surface area contributed by atoms with Gasteiger partial charge < -0.3 is 15.2 Å². The smallest absolute Gasteiger partial charge is 0.249 e. The minimum atomic E-state index is -0.300. The van der Waals surface area contributed by atoms with Gasteiger partial charge in [-0.1, -0.05) is 25.9 Å². The molecule has 2 aromatic heterocycles. The molecular formula is C17H25Cl2N5O2. The van der Waals surface area contributed by atoms with Crippen LogP contribution >= 0.6 is 24.8 Å². The third-order valence-corrected chi connectivity index (χ3v) is 4.53. The molecule has 1 amide bonds. The zero-order chi connectivity index (χ0) is 17.1. The van der Waals surface area contributed by atoms with Crippen LogP contribution in [0.2, 0.25) is 0 Å². The Hall–Kier alpha value is -1.70. The van der Waals surface area contributed by atoms with Gasteiger partial charge in [-0.15, -0.1) is 24.8 Å². The second-order valence-corrected chi connectivity index (χ2v) is 6.64. The van der Waals surface area contributed by atoms with Crippen molar-refractivity contribution >= 4 is 30.7 Å². The van der Waals surface area contributed by atoms with Crippen molar-refractivity contribution in [3.63, 3.8) is 0 Å². The molecule has 2 unspecified atom stereocenters. The van der Waals surface area contributed by atoms with E-state index in [9.17, 15) is 4.79 Å². The van der Waals surface area contributed by atoms with Crippen LogP contribution in [0.25, 0.3) is 11.4 Å². The number of pyridine rings is 1. The molecule has 26 heavy (non-hydrogen) atoms. The van der Waals surface area contributed by atoms with E-state index in [1.165, 1.54) is 0 Å². The molecular weight excluding hydrogens is 377 g/mol. The van der Waals surface area contributed by atoms with Gasteiger partial charge in [0, 0.05) is 23.9 Å². The van der Waals surface area contributed by atoms with Gasteiger partial charge in [-0.3, -0.25) is 9.78 Å². The molecule has 1 fully saturated rings. The molecule has 2 aromatic rings. The summed E-state index contributed by atoms with van der Waals surface area (Å²) in [6.45, 7) is 7.80. The maximum absolute atomic E-state index is 12.5. The van der Waals surface area contributed by atoms with Crippen molar-refractivity contribution in [3.05, 3.63) is 30.4 Å². The summed E-state index contributed by atoms with van der Waals surface area (Å²) in [5.74, 6) is 1.44. The van der Waals surface area contributed by atoms with E-state index in [4.69, 9.17) is 4.52 Å². The second-order valence-electron chi connectivity index (χ2n) is 6.64. The minimum Gasteiger partial charge on any atom is -0.344 e. The highest BCUT2D eigenvalue weighted by Gasteiger charge is 2.32. The SMILES string of the molecule is CC(C)C(NC(=O)C(C)C1CNC1)c1nc(-c2cccnc2)no1.Cl.Cl. The minimum absolute atomic E-state index is 0. The van der Waals surface area contributed by atoms with Gasteiger partial charge in [0.15, 0.2) is 0 Å². The van der Waals surface area contributed by atoms with E-state index in [0.717, 1.165) is 18.7 Å². The second kappa shape index (κ2) is 9.85. The first-order chi connectivity index (χ1) is 11.6. The normalized spacial score (nSPS) is 16.0. The van der Waals surface area contributed by atoms with Crippen molar-refractivity contribution in [2.24, 2.45) is 17.8 Å². The number of amides is 1. The van der Waals surface area contributed by atoms with Crippen molar-refractivity contribution in [1.82, 2.24) is 25.8 Å². The summed E-state index contributed by atoms with van der Waals surface area (Å²) in [6, 6.07) is 3.39. The summed E-state index contributed by atoms with van der Waals surface area (Å²) in [4.78, 5) is 21.0. The zero-order valence-electron chi connectivity index (χ0n) is 15.0. The highest BCUT2D eigenvalue weighted by Crippen LogP contribution is 2.25. The zero-order valence-corrected chi connectivity index (χ0v) is 16.6. The summed E-state index contributed by atoms with van der Waals surface area (Å²) in [6.07, 6.45) is 3.38. The third-order valence-electron chi connectivity index (χ3n) is 4.53. The lowest BCUT2D eigenvalue weighted by Crippen LogP contribution is -2.50. The molecule has 2 atom stereocenters. The first-order valence-electron chi connectivity index (χ1n) is 8.31. The molecule has 0 aliphatic carbocycles. The van der Waals surface area contributed by atoms with Crippen molar-refractivity contribution < 1.29 is 9.32 Å². The van der Waals surface area contributed by atoms with Gasteiger partial charge in [0.2, 0.25) is 17.6 Å². The van der Waals surface area contributed by atoms with E-state index in [1.807, 2.05) is 32.9 Å². The maximum atomic E-state index is 12.5. The summed E-state index contributed by atoms with van der Waals surface area (Å²) >= 11 is 0. The Balaban J connectivity index is 0.00000169. The summed E-state index contributed by atoms with van der Waals surface area (Å²) in [7, 11) is 0. The number of hydrogen-bond donors (Lipinski definition) is 2. The molecule has 3 heterocycles. The Bertz CT molecular complexity index is 691. The first-order valence-corrected chi connectivity index (χ1v) is 8.31. The number of rotatable bonds is 6. The average Bonchev–Trinajstić information content (AvgIpc) is 3.00. The van der Waals surface area contributed by atoms with Crippen molar-refractivity contribution in [2.75, 3.05) is 13.1 Å². The highest BCUT2D eigenvalue weighted by molar-refractivity contribution is 5.85. The summed E-state index contributed by atoms with van der Waals surface area (Å²) in [5.41, 5.74) is 0.787. The van der Waals surface area contributed by atoms with Crippen molar-refractivity contribution in [3.8, 4) is 11.4 Å². The molecule has 9 heteroatoms. The molecule has 3 rings (SSSR count). The van der Waals surface area contributed by atoms with Gasteiger partial charge >= 0.3 is 0 Å². The van der Waals surface area contributed by atoms with Gasteiger partial charge in [0.05, 0.1) is 0 Å². The summed E-state index contributed by atoms with van der Waals surface area (Å²) < 4.78 is 5.41. The van der Waals surface area contributed by atoms with Crippen LogP contribution in [0.3, 0.4) is 0 Å². The molecule has 0 bridgehead atoms. The van der Waals surface area contributed by atoms with E-state index < -0.39 is 0 Å². The van der Waals surface area contributed by atoms with Crippen molar-refractivity contribution in [2.45, 2.75) is 26.8 Å². The molecule has 144 valence electrons. The lowest BCUT2D eigenvalue weighted by atomic mass is 9.88. The van der Waals surface area contributed by atoms with E-state index in [-0.39, 0.29) is 48.6 Å². The van der Waals surface area contributed by atoms with Crippen LogP contribution in [0.15, 0.2) is 29.0 Å². The van der Waals surface area contributed by atoms with Gasteiger partial charge in [0.1, 0.15) is 6.04 Å². The monoisotopic (exact) mass is 401 g/mol. The van der Waals surface area contributed by atoms with Crippen LogP contribution in [0.5, 0.6) is 0 Å². The fraction of sp³-hybridized carbons (Fsp3) is 0.529.